The molecule has 1 aromatic heterocycles. The molecule has 11 heteroatoms. The third-order valence-corrected chi connectivity index (χ3v) is 3.39. The van der Waals surface area contributed by atoms with E-state index in [0.29, 0.717) is 0 Å². The Bertz CT molecular complexity index is 1020. The van der Waals surface area contributed by atoms with Crippen molar-refractivity contribution in [1.82, 2.24) is 4.98 Å². The van der Waals surface area contributed by atoms with E-state index in [1.165, 1.54) is 12.1 Å². The number of halogens is 6. The molecule has 0 aliphatic heterocycles. The molecule has 0 spiro atoms. The fourth-order valence-electron chi connectivity index (χ4n) is 2.29. The SMILES string of the molecule is N#Cc1c(N)[nH]c(=O)c(C#N)c1-c1cc(C(F)(F)F)ccc1C(F)(F)F. The molecule has 1 heterocycles. The van der Waals surface area contributed by atoms with Gasteiger partial charge in [0.15, 0.2) is 0 Å². The number of H-pyrrole nitrogens is 1. The lowest BCUT2D eigenvalue weighted by molar-refractivity contribution is -0.141. The molecule has 0 fully saturated rings. The first-order chi connectivity index (χ1) is 11.9. The number of benzene rings is 1. The van der Waals surface area contributed by atoms with Crippen LogP contribution >= 0.6 is 0 Å². The average molecular weight is 372 g/mol. The summed E-state index contributed by atoms with van der Waals surface area (Å²) in [5.41, 5.74) is -2.60. The van der Waals surface area contributed by atoms with E-state index in [1.54, 1.807) is 0 Å². The van der Waals surface area contributed by atoms with E-state index in [9.17, 15) is 31.1 Å². The summed E-state index contributed by atoms with van der Waals surface area (Å²) in [5.74, 6) is -0.669. The molecule has 0 aliphatic carbocycles. The van der Waals surface area contributed by atoms with Gasteiger partial charge in [0.05, 0.1) is 11.1 Å². The van der Waals surface area contributed by atoms with Crippen LogP contribution in [-0.4, -0.2) is 4.98 Å². The quantitative estimate of drug-likeness (QED) is 0.748. The molecular weight excluding hydrogens is 366 g/mol. The van der Waals surface area contributed by atoms with Gasteiger partial charge in [-0.05, 0) is 23.8 Å². The smallest absolute Gasteiger partial charge is 0.384 e. The lowest BCUT2D eigenvalue weighted by Crippen LogP contribution is -2.18. The number of aromatic amines is 1. The van der Waals surface area contributed by atoms with Crippen molar-refractivity contribution < 1.29 is 26.3 Å². The number of hydrogen-bond donors (Lipinski definition) is 2. The van der Waals surface area contributed by atoms with Gasteiger partial charge in [0.25, 0.3) is 5.56 Å². The van der Waals surface area contributed by atoms with Gasteiger partial charge in [-0.3, -0.25) is 4.79 Å². The number of anilines is 1. The molecule has 0 unspecified atom stereocenters. The Morgan fingerprint density at radius 1 is 0.962 bits per heavy atom. The summed E-state index contributed by atoms with van der Waals surface area (Å²) in [6.45, 7) is 0. The average Bonchev–Trinajstić information content (AvgIpc) is 2.52. The van der Waals surface area contributed by atoms with E-state index in [1.807, 2.05) is 4.98 Å². The number of nitrogens with zero attached hydrogens (tertiary/aromatic N) is 2. The maximum Gasteiger partial charge on any atom is 0.417 e. The molecule has 0 amide bonds. The Balaban J connectivity index is 3.08. The summed E-state index contributed by atoms with van der Waals surface area (Å²) in [4.78, 5) is 13.7. The van der Waals surface area contributed by atoms with Gasteiger partial charge in [0, 0.05) is 5.56 Å². The topological polar surface area (TPSA) is 106 Å². The van der Waals surface area contributed by atoms with Crippen LogP contribution < -0.4 is 11.3 Å². The molecule has 3 N–H and O–H groups in total. The predicted octanol–water partition coefficient (Wildman–Crippen LogP) is 3.41. The van der Waals surface area contributed by atoms with Crippen molar-refractivity contribution in [2.24, 2.45) is 0 Å². The minimum atomic E-state index is -5.11. The highest BCUT2D eigenvalue weighted by molar-refractivity contribution is 5.82. The summed E-state index contributed by atoms with van der Waals surface area (Å²) in [6.07, 6.45) is -10.1. The first kappa shape index (κ1) is 18.9. The fourth-order valence-corrected chi connectivity index (χ4v) is 2.29. The second-order valence-corrected chi connectivity index (χ2v) is 4.97. The van der Waals surface area contributed by atoms with E-state index in [2.05, 4.69) is 0 Å². The molecule has 0 saturated heterocycles. The minimum Gasteiger partial charge on any atom is -0.384 e. The fraction of sp³-hybridized carbons (Fsp3) is 0.133. The third kappa shape index (κ3) is 3.19. The van der Waals surface area contributed by atoms with Gasteiger partial charge in [0.2, 0.25) is 0 Å². The first-order valence-corrected chi connectivity index (χ1v) is 6.56. The molecule has 0 bridgehead atoms. The summed E-state index contributed by atoms with van der Waals surface area (Å²) in [5, 5.41) is 18.2. The number of nitrogen functional groups attached to an aromatic ring is 1. The summed E-state index contributed by atoms with van der Waals surface area (Å²) >= 11 is 0. The highest BCUT2D eigenvalue weighted by atomic mass is 19.4. The summed E-state index contributed by atoms with van der Waals surface area (Å²) in [7, 11) is 0. The number of nitrogens with two attached hydrogens (primary N) is 1. The van der Waals surface area contributed by atoms with E-state index < -0.39 is 57.1 Å². The summed E-state index contributed by atoms with van der Waals surface area (Å²) < 4.78 is 78.6. The highest BCUT2D eigenvalue weighted by Gasteiger charge is 2.38. The number of alkyl halides is 6. The van der Waals surface area contributed by atoms with Crippen LogP contribution in [0.1, 0.15) is 22.3 Å². The van der Waals surface area contributed by atoms with Gasteiger partial charge in [-0.15, -0.1) is 0 Å². The van der Waals surface area contributed by atoms with Crippen LogP contribution in [0, 0.1) is 22.7 Å². The van der Waals surface area contributed by atoms with E-state index in [4.69, 9.17) is 16.3 Å². The van der Waals surface area contributed by atoms with Gasteiger partial charge in [-0.1, -0.05) is 0 Å². The number of nitrogens with one attached hydrogen (secondary N) is 1. The minimum absolute atomic E-state index is 0.124. The Morgan fingerprint density at radius 2 is 1.54 bits per heavy atom. The number of rotatable bonds is 1. The van der Waals surface area contributed by atoms with Crippen LogP contribution in [0.15, 0.2) is 23.0 Å². The predicted molar refractivity (Wildman–Crippen MR) is 76.3 cm³/mol. The maximum absolute atomic E-state index is 13.3. The Hall–Kier alpha value is -3.47. The van der Waals surface area contributed by atoms with E-state index >= 15 is 0 Å². The van der Waals surface area contributed by atoms with Gasteiger partial charge in [-0.25, -0.2) is 0 Å². The Morgan fingerprint density at radius 3 is 2.00 bits per heavy atom. The molecular formula is C15H6F6N4O. The zero-order valence-corrected chi connectivity index (χ0v) is 12.4. The normalized spacial score (nSPS) is 11.7. The zero-order valence-electron chi connectivity index (χ0n) is 12.4. The molecule has 0 atom stereocenters. The van der Waals surface area contributed by atoms with Crippen molar-refractivity contribution in [2.45, 2.75) is 12.4 Å². The zero-order chi connectivity index (χ0) is 19.9. The van der Waals surface area contributed by atoms with E-state index in [0.717, 1.165) is 0 Å². The van der Waals surface area contributed by atoms with Crippen molar-refractivity contribution in [3.05, 3.63) is 50.8 Å². The van der Waals surface area contributed by atoms with Crippen molar-refractivity contribution in [3.8, 4) is 23.3 Å². The lowest BCUT2D eigenvalue weighted by Gasteiger charge is -2.17. The number of pyridine rings is 1. The van der Waals surface area contributed by atoms with Crippen LogP contribution in [0.4, 0.5) is 32.2 Å². The number of nitriles is 2. The number of aromatic nitrogens is 1. The number of hydrogen-bond acceptors (Lipinski definition) is 4. The summed E-state index contributed by atoms with van der Waals surface area (Å²) in [6, 6.07) is 3.21. The maximum atomic E-state index is 13.3. The molecule has 2 aromatic rings. The second-order valence-electron chi connectivity index (χ2n) is 4.97. The molecule has 134 valence electrons. The Kier molecular flexibility index (Phi) is 4.43. The van der Waals surface area contributed by atoms with Crippen molar-refractivity contribution in [3.63, 3.8) is 0 Å². The van der Waals surface area contributed by atoms with Gasteiger partial charge >= 0.3 is 12.4 Å². The van der Waals surface area contributed by atoms with Crippen molar-refractivity contribution in [1.29, 1.82) is 10.5 Å². The molecule has 1 aromatic carbocycles. The van der Waals surface area contributed by atoms with Crippen molar-refractivity contribution in [2.75, 3.05) is 5.73 Å². The van der Waals surface area contributed by atoms with E-state index in [-0.39, 0.29) is 18.2 Å². The largest absolute Gasteiger partial charge is 0.417 e. The molecule has 5 nitrogen and oxygen atoms in total. The molecule has 0 radical (unpaired) electrons. The lowest BCUT2D eigenvalue weighted by atomic mass is 9.91. The molecule has 2 rings (SSSR count). The monoisotopic (exact) mass is 372 g/mol. The standard InChI is InChI=1S/C15H6F6N4O/c16-14(17,18)6-1-2-10(15(19,20)21)7(3-6)11-8(4-22)12(24)25-13(26)9(11)5-23/h1-3H,(H3,24,25,26). The van der Waals surface area contributed by atoms with Crippen LogP contribution in [-0.2, 0) is 12.4 Å². The van der Waals surface area contributed by atoms with Crippen LogP contribution in [0.3, 0.4) is 0 Å². The highest BCUT2D eigenvalue weighted by Crippen LogP contribution is 2.42. The van der Waals surface area contributed by atoms with Crippen LogP contribution in [0.2, 0.25) is 0 Å². The molecule has 26 heavy (non-hydrogen) atoms. The first-order valence-electron chi connectivity index (χ1n) is 6.56. The molecule has 0 saturated carbocycles. The van der Waals surface area contributed by atoms with Crippen molar-refractivity contribution >= 4 is 5.82 Å². The van der Waals surface area contributed by atoms with Crippen LogP contribution in [0.25, 0.3) is 11.1 Å². The van der Waals surface area contributed by atoms with Crippen LogP contribution in [0.5, 0.6) is 0 Å². The second kappa shape index (κ2) is 6.11. The van der Waals surface area contributed by atoms with Gasteiger partial charge < -0.3 is 10.7 Å². The third-order valence-electron chi connectivity index (χ3n) is 3.39. The van der Waals surface area contributed by atoms with Gasteiger partial charge in [0.1, 0.15) is 29.1 Å². The molecule has 0 aliphatic rings. The Labute approximate surface area is 140 Å². The van der Waals surface area contributed by atoms with Gasteiger partial charge in [-0.2, -0.15) is 36.9 Å².